The predicted molar refractivity (Wildman–Crippen MR) is 115 cm³/mol. The Balaban J connectivity index is 1.51. The molecule has 4 aromatic heterocycles. The summed E-state index contributed by atoms with van der Waals surface area (Å²) in [6.45, 7) is 1.51. The molecule has 0 aliphatic heterocycles. The van der Waals surface area contributed by atoms with Crippen LogP contribution in [0.1, 0.15) is 21.7 Å². The third kappa shape index (κ3) is 3.65. The largest absolute Gasteiger partial charge is 0.292 e. The van der Waals surface area contributed by atoms with Crippen LogP contribution in [-0.2, 0) is 13.5 Å². The SMILES string of the molecule is Cc1ncnc(-c2cnn(C)c2C(=O)Cc2cc3nc(-c4ccccc4)nn3cc2F)c1F. The zero-order valence-corrected chi connectivity index (χ0v) is 17.7. The Hall–Kier alpha value is -4.34. The summed E-state index contributed by atoms with van der Waals surface area (Å²) in [5, 5.41) is 8.39. The van der Waals surface area contributed by atoms with E-state index in [1.807, 2.05) is 30.3 Å². The van der Waals surface area contributed by atoms with Crippen molar-refractivity contribution in [3.8, 4) is 22.6 Å². The Kier molecular flexibility index (Phi) is 4.97. The van der Waals surface area contributed by atoms with Crippen molar-refractivity contribution in [3.05, 3.63) is 83.7 Å². The van der Waals surface area contributed by atoms with Crippen LogP contribution in [0, 0.1) is 18.6 Å². The number of hydrogen-bond donors (Lipinski definition) is 0. The zero-order chi connectivity index (χ0) is 23.1. The molecule has 0 saturated heterocycles. The van der Waals surface area contributed by atoms with Crippen LogP contribution in [0.4, 0.5) is 8.78 Å². The molecule has 0 radical (unpaired) electrons. The van der Waals surface area contributed by atoms with Gasteiger partial charge in [0, 0.05) is 24.6 Å². The summed E-state index contributed by atoms with van der Waals surface area (Å²) < 4.78 is 32.1. The fourth-order valence-electron chi connectivity index (χ4n) is 3.63. The van der Waals surface area contributed by atoms with Gasteiger partial charge in [0.2, 0.25) is 0 Å². The molecule has 33 heavy (non-hydrogen) atoms. The van der Waals surface area contributed by atoms with E-state index in [0.717, 1.165) is 5.56 Å². The van der Waals surface area contributed by atoms with E-state index in [-0.39, 0.29) is 34.6 Å². The van der Waals surface area contributed by atoms with Crippen LogP contribution in [0.3, 0.4) is 0 Å². The molecular formula is C23H17F2N7O. The van der Waals surface area contributed by atoms with E-state index >= 15 is 0 Å². The van der Waals surface area contributed by atoms with Crippen LogP contribution in [0.5, 0.6) is 0 Å². The number of aromatic nitrogens is 7. The van der Waals surface area contributed by atoms with Gasteiger partial charge in [0.1, 0.15) is 23.5 Å². The molecule has 0 saturated carbocycles. The molecule has 5 aromatic rings. The van der Waals surface area contributed by atoms with Crippen molar-refractivity contribution in [2.75, 3.05) is 0 Å². The van der Waals surface area contributed by atoms with E-state index < -0.39 is 17.4 Å². The fourth-order valence-corrected chi connectivity index (χ4v) is 3.63. The average molecular weight is 445 g/mol. The van der Waals surface area contributed by atoms with Crippen LogP contribution in [-0.4, -0.2) is 40.1 Å². The molecule has 4 heterocycles. The lowest BCUT2D eigenvalue weighted by atomic mass is 10.0. The van der Waals surface area contributed by atoms with Gasteiger partial charge in [-0.25, -0.2) is 28.2 Å². The van der Waals surface area contributed by atoms with Gasteiger partial charge in [-0.2, -0.15) is 5.10 Å². The van der Waals surface area contributed by atoms with E-state index in [2.05, 4.69) is 25.1 Å². The minimum atomic E-state index is -0.635. The van der Waals surface area contributed by atoms with Gasteiger partial charge in [-0.05, 0) is 13.0 Å². The highest BCUT2D eigenvalue weighted by atomic mass is 19.1. The van der Waals surface area contributed by atoms with Crippen molar-refractivity contribution < 1.29 is 13.6 Å². The van der Waals surface area contributed by atoms with Gasteiger partial charge in [0.15, 0.2) is 23.1 Å². The first kappa shape index (κ1) is 20.6. The topological polar surface area (TPSA) is 90.9 Å². The number of carbonyl (C=O) groups excluding carboxylic acids is 1. The molecule has 164 valence electrons. The second-order valence-corrected chi connectivity index (χ2v) is 7.50. The molecule has 0 amide bonds. The number of hydrogen-bond acceptors (Lipinski definition) is 6. The van der Waals surface area contributed by atoms with Crippen LogP contribution in [0.2, 0.25) is 0 Å². The van der Waals surface area contributed by atoms with Crippen molar-refractivity contribution in [2.24, 2.45) is 7.05 Å². The number of carbonyl (C=O) groups is 1. The number of benzene rings is 1. The Morgan fingerprint density at radius 2 is 1.91 bits per heavy atom. The van der Waals surface area contributed by atoms with Gasteiger partial charge in [0.05, 0.1) is 23.7 Å². The number of rotatable bonds is 5. The van der Waals surface area contributed by atoms with Crippen molar-refractivity contribution in [1.82, 2.24) is 34.3 Å². The fraction of sp³-hybridized carbons (Fsp3) is 0.130. The number of nitrogens with zero attached hydrogens (tertiary/aromatic N) is 7. The van der Waals surface area contributed by atoms with Gasteiger partial charge < -0.3 is 0 Å². The van der Waals surface area contributed by atoms with E-state index in [1.54, 1.807) is 7.05 Å². The monoisotopic (exact) mass is 445 g/mol. The normalized spacial score (nSPS) is 11.3. The Morgan fingerprint density at radius 3 is 2.70 bits per heavy atom. The number of pyridine rings is 1. The maximum atomic E-state index is 14.8. The molecule has 0 bridgehead atoms. The summed E-state index contributed by atoms with van der Waals surface area (Å²) >= 11 is 0. The molecule has 10 heteroatoms. The highest BCUT2D eigenvalue weighted by molar-refractivity contribution is 6.01. The van der Waals surface area contributed by atoms with Gasteiger partial charge in [-0.3, -0.25) is 9.48 Å². The maximum Gasteiger partial charge on any atom is 0.186 e. The molecule has 0 atom stereocenters. The Bertz CT molecular complexity index is 1510. The van der Waals surface area contributed by atoms with Gasteiger partial charge >= 0.3 is 0 Å². The lowest BCUT2D eigenvalue weighted by molar-refractivity contribution is 0.0983. The third-order valence-electron chi connectivity index (χ3n) is 5.31. The van der Waals surface area contributed by atoms with Gasteiger partial charge in [0.25, 0.3) is 0 Å². The molecule has 0 spiro atoms. The molecule has 8 nitrogen and oxygen atoms in total. The van der Waals surface area contributed by atoms with Crippen LogP contribution in [0.25, 0.3) is 28.3 Å². The Labute approximate surface area is 186 Å². The summed E-state index contributed by atoms with van der Waals surface area (Å²) in [6.07, 6.45) is 3.50. The standard InChI is InChI=1S/C23H17F2N7O/c1-13-20(25)21(27-12-26-13)16-10-28-31(2)22(16)18(33)8-15-9-19-29-23(14-6-4-3-5-7-14)30-32(19)11-17(15)24/h3-7,9-12H,8H2,1-2H3. The van der Waals surface area contributed by atoms with Crippen LogP contribution < -0.4 is 0 Å². The first-order chi connectivity index (χ1) is 15.9. The highest BCUT2D eigenvalue weighted by Crippen LogP contribution is 2.26. The van der Waals surface area contributed by atoms with E-state index in [4.69, 9.17) is 0 Å². The van der Waals surface area contributed by atoms with Crippen LogP contribution in [0.15, 0.2) is 55.1 Å². The van der Waals surface area contributed by atoms with E-state index in [9.17, 15) is 13.6 Å². The molecule has 0 aliphatic carbocycles. The predicted octanol–water partition coefficient (Wildman–Crippen LogP) is 3.60. The molecule has 5 rings (SSSR count). The molecule has 1 aromatic carbocycles. The van der Waals surface area contributed by atoms with Crippen molar-refractivity contribution in [1.29, 1.82) is 0 Å². The summed E-state index contributed by atoms with van der Waals surface area (Å²) in [7, 11) is 1.56. The second kappa shape index (κ2) is 7.97. The smallest absolute Gasteiger partial charge is 0.186 e. The average Bonchev–Trinajstić information content (AvgIpc) is 3.39. The minimum Gasteiger partial charge on any atom is -0.292 e. The molecular weight excluding hydrogens is 428 g/mol. The Morgan fingerprint density at radius 1 is 1.12 bits per heavy atom. The summed E-state index contributed by atoms with van der Waals surface area (Å²) in [6, 6.07) is 10.8. The second-order valence-electron chi connectivity index (χ2n) is 7.50. The third-order valence-corrected chi connectivity index (χ3v) is 5.31. The lowest BCUT2D eigenvalue weighted by Gasteiger charge is -2.08. The number of ketones is 1. The van der Waals surface area contributed by atoms with E-state index in [1.165, 1.54) is 40.9 Å². The number of aryl methyl sites for hydroxylation is 2. The highest BCUT2D eigenvalue weighted by Gasteiger charge is 2.24. The van der Waals surface area contributed by atoms with Crippen molar-refractivity contribution in [3.63, 3.8) is 0 Å². The number of fused-ring (bicyclic) bond motifs is 1. The van der Waals surface area contributed by atoms with Crippen LogP contribution >= 0.6 is 0 Å². The quantitative estimate of drug-likeness (QED) is 0.384. The first-order valence-corrected chi connectivity index (χ1v) is 10.0. The lowest BCUT2D eigenvalue weighted by Crippen LogP contribution is -2.13. The summed E-state index contributed by atoms with van der Waals surface area (Å²) in [5.74, 6) is -1.23. The zero-order valence-electron chi connectivity index (χ0n) is 17.7. The number of Topliss-reactive ketones (excluding diaryl/α,β-unsaturated/α-hetero) is 1. The van der Waals surface area contributed by atoms with Crippen molar-refractivity contribution >= 4 is 11.4 Å². The first-order valence-electron chi connectivity index (χ1n) is 10.0. The molecule has 0 fully saturated rings. The van der Waals surface area contributed by atoms with Gasteiger partial charge in [-0.1, -0.05) is 30.3 Å². The summed E-state index contributed by atoms with van der Waals surface area (Å²) in [5.41, 5.74) is 1.81. The number of halogens is 2. The van der Waals surface area contributed by atoms with Crippen molar-refractivity contribution in [2.45, 2.75) is 13.3 Å². The molecule has 0 unspecified atom stereocenters. The molecule has 0 N–H and O–H groups in total. The van der Waals surface area contributed by atoms with Gasteiger partial charge in [-0.15, -0.1) is 5.10 Å². The summed E-state index contributed by atoms with van der Waals surface area (Å²) in [4.78, 5) is 25.4. The van der Waals surface area contributed by atoms with E-state index in [0.29, 0.717) is 11.5 Å². The molecule has 0 aliphatic rings. The maximum absolute atomic E-state index is 14.8. The minimum absolute atomic E-state index is 0.0279.